The van der Waals surface area contributed by atoms with Crippen molar-refractivity contribution in [2.45, 2.75) is 12.2 Å². The third kappa shape index (κ3) is 2.45. The van der Waals surface area contributed by atoms with Crippen LogP contribution in [0.25, 0.3) is 21.5 Å². The molecule has 0 radical (unpaired) electrons. The van der Waals surface area contributed by atoms with Gasteiger partial charge in [-0.3, -0.25) is 9.35 Å². The molecule has 1 heterocycles. The van der Waals surface area contributed by atoms with Gasteiger partial charge in [-0.15, -0.1) is 0 Å². The summed E-state index contributed by atoms with van der Waals surface area (Å²) in [5.74, 6) is 0. The zero-order valence-corrected chi connectivity index (χ0v) is 13.9. The minimum atomic E-state index is -4.23. The van der Waals surface area contributed by atoms with E-state index in [0.717, 1.165) is 4.47 Å². The van der Waals surface area contributed by atoms with Crippen molar-refractivity contribution < 1.29 is 13.0 Å². The second-order valence-electron chi connectivity index (χ2n) is 5.08. The summed E-state index contributed by atoms with van der Waals surface area (Å²) in [5.41, 5.74) is 0.217. The van der Waals surface area contributed by atoms with Crippen molar-refractivity contribution in [2.24, 2.45) is 0 Å². The highest BCUT2D eigenvalue weighted by Gasteiger charge is 2.23. The Kier molecular flexibility index (Phi) is 3.58. The molecule has 114 valence electrons. The SMILES string of the molecule is CC(c1cc2cc[nH]c(=O)c2c2cc(Br)ccc12)S(=O)(=O)O. The summed E-state index contributed by atoms with van der Waals surface area (Å²) in [6.45, 7) is 1.42. The number of nitrogens with one attached hydrogen (secondary N) is 1. The van der Waals surface area contributed by atoms with Crippen molar-refractivity contribution in [1.29, 1.82) is 0 Å². The second-order valence-corrected chi connectivity index (χ2v) is 7.74. The third-order valence-electron chi connectivity index (χ3n) is 3.75. The molecule has 3 aromatic rings. The molecular formula is C15H12BrNO4S. The minimum Gasteiger partial charge on any atom is -0.329 e. The first-order chi connectivity index (χ1) is 10.3. The van der Waals surface area contributed by atoms with Crippen LogP contribution in [0.2, 0.25) is 0 Å². The lowest BCUT2D eigenvalue weighted by molar-refractivity contribution is 0.472. The fourth-order valence-corrected chi connectivity index (χ4v) is 3.49. The molecular weight excluding hydrogens is 370 g/mol. The smallest absolute Gasteiger partial charge is 0.271 e. The zero-order chi connectivity index (χ0) is 16.1. The number of fused-ring (bicyclic) bond motifs is 3. The van der Waals surface area contributed by atoms with Crippen LogP contribution in [0.1, 0.15) is 17.7 Å². The number of aromatic nitrogens is 1. The van der Waals surface area contributed by atoms with Gasteiger partial charge in [0.15, 0.2) is 0 Å². The fourth-order valence-electron chi connectivity index (χ4n) is 2.61. The van der Waals surface area contributed by atoms with Crippen LogP contribution in [0.4, 0.5) is 0 Å². The maximum absolute atomic E-state index is 12.1. The van der Waals surface area contributed by atoms with Gasteiger partial charge in [0.1, 0.15) is 5.25 Å². The average molecular weight is 382 g/mol. The van der Waals surface area contributed by atoms with Gasteiger partial charge in [0.25, 0.3) is 15.7 Å². The summed E-state index contributed by atoms with van der Waals surface area (Å²) in [6.07, 6.45) is 1.51. The Morgan fingerprint density at radius 1 is 1.18 bits per heavy atom. The summed E-state index contributed by atoms with van der Waals surface area (Å²) < 4.78 is 33.2. The van der Waals surface area contributed by atoms with Crippen molar-refractivity contribution in [3.63, 3.8) is 0 Å². The van der Waals surface area contributed by atoms with Gasteiger partial charge in [-0.1, -0.05) is 22.0 Å². The maximum Gasteiger partial charge on any atom is 0.271 e. The molecule has 3 rings (SSSR count). The molecule has 22 heavy (non-hydrogen) atoms. The van der Waals surface area contributed by atoms with Gasteiger partial charge < -0.3 is 4.98 Å². The number of hydrogen-bond donors (Lipinski definition) is 2. The van der Waals surface area contributed by atoms with Gasteiger partial charge in [-0.2, -0.15) is 8.42 Å². The molecule has 0 spiro atoms. The first-order valence-electron chi connectivity index (χ1n) is 6.49. The molecule has 1 aromatic heterocycles. The quantitative estimate of drug-likeness (QED) is 0.525. The Hall–Kier alpha value is -1.70. The second kappa shape index (κ2) is 5.19. The van der Waals surface area contributed by atoms with E-state index < -0.39 is 15.4 Å². The van der Waals surface area contributed by atoms with Gasteiger partial charge in [-0.05, 0) is 52.9 Å². The minimum absolute atomic E-state index is 0.244. The molecule has 7 heteroatoms. The molecule has 2 N–H and O–H groups in total. The lowest BCUT2D eigenvalue weighted by Crippen LogP contribution is -2.11. The normalized spacial score (nSPS) is 13.6. The topological polar surface area (TPSA) is 87.2 Å². The summed E-state index contributed by atoms with van der Waals surface area (Å²) >= 11 is 3.36. The largest absolute Gasteiger partial charge is 0.329 e. The van der Waals surface area contributed by atoms with Crippen LogP contribution in [0, 0.1) is 0 Å². The summed E-state index contributed by atoms with van der Waals surface area (Å²) in [6, 6.07) is 8.62. The lowest BCUT2D eigenvalue weighted by atomic mass is 9.97. The first-order valence-corrected chi connectivity index (χ1v) is 8.78. The molecule has 0 aliphatic heterocycles. The number of rotatable bonds is 2. The van der Waals surface area contributed by atoms with E-state index in [-0.39, 0.29) is 5.56 Å². The monoisotopic (exact) mass is 381 g/mol. The van der Waals surface area contributed by atoms with Gasteiger partial charge in [0.2, 0.25) is 0 Å². The molecule has 0 amide bonds. The molecule has 0 saturated heterocycles. The van der Waals surface area contributed by atoms with Crippen LogP contribution >= 0.6 is 15.9 Å². The number of pyridine rings is 1. The van der Waals surface area contributed by atoms with Crippen LogP contribution in [-0.4, -0.2) is 18.0 Å². The van der Waals surface area contributed by atoms with E-state index in [1.807, 2.05) is 0 Å². The van der Waals surface area contributed by atoms with E-state index in [1.165, 1.54) is 13.1 Å². The van der Waals surface area contributed by atoms with E-state index in [1.54, 1.807) is 30.3 Å². The molecule has 0 fully saturated rings. The molecule has 1 unspecified atom stereocenters. The number of hydrogen-bond acceptors (Lipinski definition) is 3. The molecule has 0 aliphatic carbocycles. The van der Waals surface area contributed by atoms with Gasteiger partial charge >= 0.3 is 0 Å². The Labute approximate surface area is 134 Å². The Morgan fingerprint density at radius 2 is 1.91 bits per heavy atom. The summed E-state index contributed by atoms with van der Waals surface area (Å²) in [4.78, 5) is 14.8. The Morgan fingerprint density at radius 3 is 2.59 bits per heavy atom. The predicted molar refractivity (Wildman–Crippen MR) is 89.7 cm³/mol. The standard InChI is InChI=1S/C15H12BrNO4S/c1-8(22(19,20)21)12-6-9-4-5-17-15(18)14(9)13-7-10(16)2-3-11(12)13/h2-8H,1H3,(H,17,18)(H,19,20,21). The van der Waals surface area contributed by atoms with Gasteiger partial charge in [0.05, 0.1) is 5.39 Å². The number of halogens is 1. The van der Waals surface area contributed by atoms with E-state index in [9.17, 15) is 17.8 Å². The van der Waals surface area contributed by atoms with Crippen molar-refractivity contribution in [1.82, 2.24) is 4.98 Å². The average Bonchev–Trinajstić information content (AvgIpc) is 2.44. The molecule has 1 atom stereocenters. The molecule has 5 nitrogen and oxygen atoms in total. The predicted octanol–water partition coefficient (Wildman–Crippen LogP) is 3.39. The highest BCUT2D eigenvalue weighted by molar-refractivity contribution is 9.10. The molecule has 2 aromatic carbocycles. The number of aromatic amines is 1. The van der Waals surface area contributed by atoms with E-state index in [0.29, 0.717) is 27.1 Å². The molecule has 0 bridgehead atoms. The van der Waals surface area contributed by atoms with Crippen LogP contribution in [0.3, 0.4) is 0 Å². The van der Waals surface area contributed by atoms with Crippen molar-refractivity contribution >= 4 is 47.6 Å². The zero-order valence-electron chi connectivity index (χ0n) is 11.5. The highest BCUT2D eigenvalue weighted by atomic mass is 79.9. The fraction of sp³-hybridized carbons (Fsp3) is 0.133. The van der Waals surface area contributed by atoms with Crippen LogP contribution in [0.5, 0.6) is 0 Å². The summed E-state index contributed by atoms with van der Waals surface area (Å²) in [7, 11) is -4.23. The van der Waals surface area contributed by atoms with Crippen LogP contribution in [-0.2, 0) is 10.1 Å². The third-order valence-corrected chi connectivity index (χ3v) is 5.39. The Balaban J connectivity index is 2.56. The van der Waals surface area contributed by atoms with Crippen molar-refractivity contribution in [3.8, 4) is 0 Å². The Bertz CT molecular complexity index is 1060. The van der Waals surface area contributed by atoms with E-state index >= 15 is 0 Å². The van der Waals surface area contributed by atoms with E-state index in [4.69, 9.17) is 0 Å². The van der Waals surface area contributed by atoms with Gasteiger partial charge in [-0.25, -0.2) is 0 Å². The summed E-state index contributed by atoms with van der Waals surface area (Å²) in [5, 5.41) is 1.29. The van der Waals surface area contributed by atoms with E-state index in [2.05, 4.69) is 20.9 Å². The molecule has 0 aliphatic rings. The van der Waals surface area contributed by atoms with Crippen LogP contribution < -0.4 is 5.56 Å². The number of H-pyrrole nitrogens is 1. The maximum atomic E-state index is 12.1. The van der Waals surface area contributed by atoms with Gasteiger partial charge in [0, 0.05) is 10.7 Å². The first kappa shape index (κ1) is 15.2. The number of benzene rings is 2. The lowest BCUT2D eigenvalue weighted by Gasteiger charge is -2.14. The van der Waals surface area contributed by atoms with Crippen molar-refractivity contribution in [2.75, 3.05) is 0 Å². The molecule has 0 saturated carbocycles. The highest BCUT2D eigenvalue weighted by Crippen LogP contribution is 2.34. The van der Waals surface area contributed by atoms with Crippen molar-refractivity contribution in [3.05, 3.63) is 56.9 Å². The van der Waals surface area contributed by atoms with Crippen LogP contribution in [0.15, 0.2) is 45.8 Å².